The average molecular weight is 608 g/mol. The first kappa shape index (κ1) is 26.7. The first-order valence-electron chi connectivity index (χ1n) is 10.9. The molecule has 4 rings (SSSR count). The number of carbonyl (C=O) groups is 3. The van der Waals surface area contributed by atoms with Crippen molar-refractivity contribution >= 4 is 68.7 Å². The predicted molar refractivity (Wildman–Crippen MR) is 142 cm³/mol. The lowest BCUT2D eigenvalue weighted by molar-refractivity contribution is -0.122. The molecule has 1 aliphatic rings. The van der Waals surface area contributed by atoms with Crippen LogP contribution in [0, 0.1) is 5.82 Å². The maximum Gasteiger partial charge on any atom is 0.335 e. The van der Waals surface area contributed by atoms with E-state index in [2.05, 4.69) is 21.2 Å². The number of hydrogen-bond donors (Lipinski definition) is 1. The molecule has 4 amide bonds. The van der Waals surface area contributed by atoms with Crippen LogP contribution < -0.4 is 19.7 Å². The maximum absolute atomic E-state index is 13.3. The Morgan fingerprint density at radius 3 is 2.35 bits per heavy atom. The van der Waals surface area contributed by atoms with Gasteiger partial charge in [-0.25, -0.2) is 14.1 Å². The molecule has 3 aromatic carbocycles. The van der Waals surface area contributed by atoms with Crippen molar-refractivity contribution in [2.24, 2.45) is 0 Å². The standard InChI is InChI=1S/C26H18BrCl2FN2O5/c1-2-36-22-11-15(19(27)12-23(22)37-13-14-3-8-20(28)21(29)9-14)10-18-24(33)31-26(35)32(25(18)34)17-6-4-16(30)5-7-17/h3-12H,2,13H2,1H3,(H,31,33,35)/b18-10+. The molecule has 0 aliphatic carbocycles. The number of carbonyl (C=O) groups excluding carboxylic acids is 3. The minimum absolute atomic E-state index is 0.113. The van der Waals surface area contributed by atoms with Crippen molar-refractivity contribution in [2.45, 2.75) is 13.5 Å². The molecule has 11 heteroatoms. The van der Waals surface area contributed by atoms with Gasteiger partial charge in [0.1, 0.15) is 18.0 Å². The third-order valence-electron chi connectivity index (χ3n) is 5.23. The summed E-state index contributed by atoms with van der Waals surface area (Å²) in [6.07, 6.45) is 1.33. The first-order chi connectivity index (χ1) is 17.7. The van der Waals surface area contributed by atoms with E-state index in [4.69, 9.17) is 32.7 Å². The Kier molecular flexibility index (Phi) is 8.16. The van der Waals surface area contributed by atoms with E-state index in [-0.39, 0.29) is 17.9 Å². The minimum atomic E-state index is -0.932. The fourth-order valence-corrected chi connectivity index (χ4v) is 4.23. The highest BCUT2D eigenvalue weighted by Crippen LogP contribution is 2.36. The Balaban J connectivity index is 1.65. The van der Waals surface area contributed by atoms with Crippen LogP contribution in [0.25, 0.3) is 6.08 Å². The number of imide groups is 2. The number of urea groups is 1. The Labute approximate surface area is 229 Å². The quantitative estimate of drug-likeness (QED) is 0.243. The molecular weight excluding hydrogens is 590 g/mol. The molecule has 0 radical (unpaired) electrons. The highest BCUT2D eigenvalue weighted by molar-refractivity contribution is 9.10. The zero-order valence-corrected chi connectivity index (χ0v) is 22.3. The van der Waals surface area contributed by atoms with E-state index in [1.807, 2.05) is 0 Å². The van der Waals surface area contributed by atoms with Crippen LogP contribution in [0.2, 0.25) is 10.0 Å². The van der Waals surface area contributed by atoms with Gasteiger partial charge < -0.3 is 9.47 Å². The molecule has 1 fully saturated rings. The summed E-state index contributed by atoms with van der Waals surface area (Å²) in [5, 5.41) is 2.97. The van der Waals surface area contributed by atoms with Crippen LogP contribution in [0.3, 0.4) is 0 Å². The molecule has 0 aromatic heterocycles. The van der Waals surface area contributed by atoms with E-state index >= 15 is 0 Å². The molecule has 3 aromatic rings. The van der Waals surface area contributed by atoms with Crippen LogP contribution in [-0.2, 0) is 16.2 Å². The third kappa shape index (κ3) is 5.95. The molecule has 0 saturated carbocycles. The topological polar surface area (TPSA) is 84.9 Å². The largest absolute Gasteiger partial charge is 0.490 e. The number of benzene rings is 3. The lowest BCUT2D eigenvalue weighted by Crippen LogP contribution is -2.54. The molecule has 0 bridgehead atoms. The molecule has 0 atom stereocenters. The second kappa shape index (κ2) is 11.3. The Morgan fingerprint density at radius 2 is 1.68 bits per heavy atom. The molecular formula is C26H18BrCl2FN2O5. The summed E-state index contributed by atoms with van der Waals surface area (Å²) in [5.74, 6) is -1.48. The van der Waals surface area contributed by atoms with Gasteiger partial charge in [-0.15, -0.1) is 0 Å². The highest BCUT2D eigenvalue weighted by Gasteiger charge is 2.37. The average Bonchev–Trinajstić information content (AvgIpc) is 2.85. The van der Waals surface area contributed by atoms with Crippen molar-refractivity contribution in [1.82, 2.24) is 5.32 Å². The number of nitrogens with one attached hydrogen (secondary N) is 1. The van der Waals surface area contributed by atoms with Gasteiger partial charge in [0.05, 0.1) is 22.3 Å². The first-order valence-corrected chi connectivity index (χ1v) is 12.4. The van der Waals surface area contributed by atoms with E-state index in [9.17, 15) is 18.8 Å². The zero-order valence-electron chi connectivity index (χ0n) is 19.2. The van der Waals surface area contributed by atoms with Crippen LogP contribution in [-0.4, -0.2) is 24.5 Å². The Morgan fingerprint density at radius 1 is 0.973 bits per heavy atom. The number of ether oxygens (including phenoxy) is 2. The number of anilines is 1. The fraction of sp³-hybridized carbons (Fsp3) is 0.115. The summed E-state index contributed by atoms with van der Waals surface area (Å²) in [7, 11) is 0. The van der Waals surface area contributed by atoms with E-state index < -0.39 is 23.7 Å². The molecule has 1 saturated heterocycles. The van der Waals surface area contributed by atoms with Gasteiger partial charge in [-0.1, -0.05) is 45.2 Å². The van der Waals surface area contributed by atoms with Gasteiger partial charge in [0, 0.05) is 4.47 Å². The third-order valence-corrected chi connectivity index (χ3v) is 6.65. The van der Waals surface area contributed by atoms with Crippen LogP contribution >= 0.6 is 39.1 Å². The van der Waals surface area contributed by atoms with Crippen LogP contribution in [0.4, 0.5) is 14.9 Å². The van der Waals surface area contributed by atoms with Crippen molar-refractivity contribution in [1.29, 1.82) is 0 Å². The second-order valence-electron chi connectivity index (χ2n) is 7.72. The minimum Gasteiger partial charge on any atom is -0.490 e. The number of hydrogen-bond acceptors (Lipinski definition) is 5. The van der Waals surface area contributed by atoms with Crippen LogP contribution in [0.1, 0.15) is 18.1 Å². The highest BCUT2D eigenvalue weighted by atomic mass is 79.9. The van der Waals surface area contributed by atoms with Crippen molar-refractivity contribution in [3.05, 3.63) is 91.6 Å². The number of amides is 4. The molecule has 1 aliphatic heterocycles. The number of halogens is 4. The second-order valence-corrected chi connectivity index (χ2v) is 9.39. The van der Waals surface area contributed by atoms with E-state index in [0.29, 0.717) is 38.2 Å². The fourth-order valence-electron chi connectivity index (χ4n) is 3.47. The van der Waals surface area contributed by atoms with Crippen molar-refractivity contribution in [3.8, 4) is 11.5 Å². The lowest BCUT2D eigenvalue weighted by Gasteiger charge is -2.26. The number of nitrogens with zero attached hydrogens (tertiary/aromatic N) is 1. The van der Waals surface area contributed by atoms with Gasteiger partial charge in [-0.2, -0.15) is 0 Å². The summed E-state index contributed by atoms with van der Waals surface area (Å²) in [5.41, 5.74) is 1.03. The van der Waals surface area contributed by atoms with Gasteiger partial charge in [0.2, 0.25) is 0 Å². The smallest absolute Gasteiger partial charge is 0.335 e. The summed E-state index contributed by atoms with van der Waals surface area (Å²) < 4.78 is 25.5. The molecule has 37 heavy (non-hydrogen) atoms. The van der Waals surface area contributed by atoms with E-state index in [1.54, 1.807) is 37.3 Å². The molecule has 1 N–H and O–H groups in total. The van der Waals surface area contributed by atoms with Gasteiger partial charge in [-0.3, -0.25) is 14.9 Å². The lowest BCUT2D eigenvalue weighted by atomic mass is 10.1. The maximum atomic E-state index is 13.3. The summed E-state index contributed by atoms with van der Waals surface area (Å²) in [4.78, 5) is 38.8. The van der Waals surface area contributed by atoms with E-state index in [1.165, 1.54) is 18.2 Å². The van der Waals surface area contributed by atoms with Crippen LogP contribution in [0.5, 0.6) is 11.5 Å². The molecule has 0 unspecified atom stereocenters. The number of barbiturate groups is 1. The van der Waals surface area contributed by atoms with Crippen molar-refractivity contribution in [2.75, 3.05) is 11.5 Å². The summed E-state index contributed by atoms with van der Waals surface area (Å²) in [6, 6.07) is 12.2. The SMILES string of the molecule is CCOc1cc(/C=C2\C(=O)NC(=O)N(c3ccc(F)cc3)C2=O)c(Br)cc1OCc1ccc(Cl)c(Cl)c1. The van der Waals surface area contributed by atoms with Crippen molar-refractivity contribution in [3.63, 3.8) is 0 Å². The predicted octanol–water partition coefficient (Wildman–Crippen LogP) is 6.54. The van der Waals surface area contributed by atoms with E-state index in [0.717, 1.165) is 22.6 Å². The monoisotopic (exact) mass is 606 g/mol. The van der Waals surface area contributed by atoms with Crippen molar-refractivity contribution < 1.29 is 28.2 Å². The summed E-state index contributed by atoms with van der Waals surface area (Å²) >= 11 is 15.5. The Hall–Kier alpha value is -3.40. The van der Waals surface area contributed by atoms with Gasteiger partial charge in [0.15, 0.2) is 11.5 Å². The zero-order chi connectivity index (χ0) is 26.7. The van der Waals surface area contributed by atoms with Gasteiger partial charge >= 0.3 is 6.03 Å². The molecule has 0 spiro atoms. The van der Waals surface area contributed by atoms with Crippen LogP contribution in [0.15, 0.2) is 64.6 Å². The molecule has 190 valence electrons. The summed E-state index contributed by atoms with van der Waals surface area (Å²) in [6.45, 7) is 2.31. The van der Waals surface area contributed by atoms with Gasteiger partial charge in [0.25, 0.3) is 11.8 Å². The molecule has 7 nitrogen and oxygen atoms in total. The molecule has 1 heterocycles. The number of rotatable bonds is 7. The van der Waals surface area contributed by atoms with Gasteiger partial charge in [-0.05, 0) is 72.7 Å². The normalized spacial score (nSPS) is 14.7. The Bertz CT molecular complexity index is 1430.